The van der Waals surface area contributed by atoms with E-state index in [0.29, 0.717) is 0 Å². The van der Waals surface area contributed by atoms with E-state index in [9.17, 15) is 0 Å². The van der Waals surface area contributed by atoms with Gasteiger partial charge in [0.1, 0.15) is 0 Å². The molecule has 0 aromatic rings. The topological polar surface area (TPSA) is 0 Å². The van der Waals surface area contributed by atoms with Crippen LogP contribution in [-0.2, 0) is 0 Å². The standard InChI is InChI=1S/C26H55ClSi/c1-5-7-9-11-13-15-16-18-20-22-24-26(25-28(3,4)27)23-21-19-17-14-12-10-8-6-2/h26H,5-25H2,1-4H3/t26-/m0/s1. The fourth-order valence-corrected chi connectivity index (χ4v) is 6.96. The van der Waals surface area contributed by atoms with Crippen LogP contribution < -0.4 is 0 Å². The van der Waals surface area contributed by atoms with Crippen LogP contribution in [0.2, 0.25) is 19.1 Å². The quantitative estimate of drug-likeness (QED) is 0.0908. The minimum absolute atomic E-state index is 0.910. The maximum absolute atomic E-state index is 6.71. The number of halogens is 1. The largest absolute Gasteiger partial charge is 0.168 e. The molecule has 0 amide bonds. The van der Waals surface area contributed by atoms with E-state index in [1.807, 2.05) is 0 Å². The molecule has 0 bridgehead atoms. The van der Waals surface area contributed by atoms with E-state index in [-0.39, 0.29) is 0 Å². The minimum atomic E-state index is -1.44. The van der Waals surface area contributed by atoms with Crippen molar-refractivity contribution >= 4 is 18.5 Å². The molecule has 0 fully saturated rings. The Morgan fingerprint density at radius 3 is 1.07 bits per heavy atom. The summed E-state index contributed by atoms with van der Waals surface area (Å²) in [7, 11) is -1.44. The fourth-order valence-electron chi connectivity index (χ4n) is 4.52. The van der Waals surface area contributed by atoms with Crippen LogP contribution in [0.1, 0.15) is 142 Å². The average molecular weight is 431 g/mol. The smallest absolute Gasteiger partial charge is 0.150 e. The third kappa shape index (κ3) is 22.8. The zero-order valence-electron chi connectivity index (χ0n) is 20.3. The molecule has 2 heteroatoms. The third-order valence-corrected chi connectivity index (χ3v) is 8.22. The molecule has 0 spiro atoms. The van der Waals surface area contributed by atoms with Crippen LogP contribution in [-0.4, -0.2) is 7.38 Å². The minimum Gasteiger partial charge on any atom is -0.168 e. The van der Waals surface area contributed by atoms with Gasteiger partial charge in [-0.3, -0.25) is 0 Å². The number of rotatable bonds is 22. The van der Waals surface area contributed by atoms with Gasteiger partial charge in [0, 0.05) is 0 Å². The molecule has 0 rings (SSSR count). The van der Waals surface area contributed by atoms with Crippen LogP contribution in [0.3, 0.4) is 0 Å². The zero-order valence-corrected chi connectivity index (χ0v) is 22.1. The van der Waals surface area contributed by atoms with Crippen LogP contribution in [0.15, 0.2) is 0 Å². The molecule has 0 saturated carbocycles. The van der Waals surface area contributed by atoms with Crippen LogP contribution >= 0.6 is 11.1 Å². The van der Waals surface area contributed by atoms with Crippen LogP contribution in [0.4, 0.5) is 0 Å². The van der Waals surface area contributed by atoms with Crippen molar-refractivity contribution in [3.05, 3.63) is 0 Å². The summed E-state index contributed by atoms with van der Waals surface area (Å²) < 4.78 is 0. The Morgan fingerprint density at radius 1 is 0.500 bits per heavy atom. The summed E-state index contributed by atoms with van der Waals surface area (Å²) in [5.74, 6) is 0.910. The van der Waals surface area contributed by atoms with E-state index >= 15 is 0 Å². The summed E-state index contributed by atoms with van der Waals surface area (Å²) >= 11 is 6.71. The summed E-state index contributed by atoms with van der Waals surface area (Å²) in [4.78, 5) is 0. The molecule has 0 radical (unpaired) electrons. The lowest BCUT2D eigenvalue weighted by molar-refractivity contribution is 0.427. The first-order chi connectivity index (χ1) is 13.5. The highest BCUT2D eigenvalue weighted by Gasteiger charge is 2.22. The first-order valence-corrected chi connectivity index (χ1v) is 17.4. The molecule has 0 N–H and O–H groups in total. The van der Waals surface area contributed by atoms with Crippen molar-refractivity contribution in [1.29, 1.82) is 0 Å². The number of hydrogen-bond donors (Lipinski definition) is 0. The van der Waals surface area contributed by atoms with Gasteiger partial charge in [-0.2, -0.15) is 11.1 Å². The van der Waals surface area contributed by atoms with Crippen molar-refractivity contribution in [2.24, 2.45) is 5.92 Å². The molecule has 0 saturated heterocycles. The van der Waals surface area contributed by atoms with Gasteiger partial charge in [0.25, 0.3) is 0 Å². The maximum atomic E-state index is 6.71. The maximum Gasteiger partial charge on any atom is 0.150 e. The second kappa shape index (κ2) is 20.8. The predicted molar refractivity (Wildman–Crippen MR) is 135 cm³/mol. The van der Waals surface area contributed by atoms with Gasteiger partial charge in [-0.15, -0.1) is 0 Å². The highest BCUT2D eigenvalue weighted by Crippen LogP contribution is 2.29. The van der Waals surface area contributed by atoms with Crippen molar-refractivity contribution in [3.8, 4) is 0 Å². The van der Waals surface area contributed by atoms with Crippen LogP contribution in [0.25, 0.3) is 0 Å². The lowest BCUT2D eigenvalue weighted by atomic mass is 9.95. The molecule has 28 heavy (non-hydrogen) atoms. The molecule has 170 valence electrons. The van der Waals surface area contributed by atoms with Crippen molar-refractivity contribution in [2.45, 2.75) is 161 Å². The van der Waals surface area contributed by atoms with E-state index in [2.05, 4.69) is 26.9 Å². The van der Waals surface area contributed by atoms with E-state index < -0.39 is 7.38 Å². The third-order valence-electron chi connectivity index (χ3n) is 6.21. The molecular weight excluding hydrogens is 376 g/mol. The Morgan fingerprint density at radius 2 is 0.786 bits per heavy atom. The summed E-state index contributed by atoms with van der Waals surface area (Å²) in [5, 5.41) is 0. The van der Waals surface area contributed by atoms with E-state index in [4.69, 9.17) is 11.1 Å². The van der Waals surface area contributed by atoms with Crippen molar-refractivity contribution in [1.82, 2.24) is 0 Å². The van der Waals surface area contributed by atoms with Crippen molar-refractivity contribution in [3.63, 3.8) is 0 Å². The summed E-state index contributed by atoms with van der Waals surface area (Å²) in [6.45, 7) is 9.29. The fraction of sp³-hybridized carbons (Fsp3) is 1.00. The van der Waals surface area contributed by atoms with E-state index in [0.717, 1.165) is 5.92 Å². The van der Waals surface area contributed by atoms with E-state index in [1.54, 1.807) is 0 Å². The summed E-state index contributed by atoms with van der Waals surface area (Å²) in [5.41, 5.74) is 0. The normalized spacial score (nSPS) is 13.2. The first kappa shape index (κ1) is 28.5. The second-order valence-corrected chi connectivity index (χ2v) is 16.9. The van der Waals surface area contributed by atoms with Gasteiger partial charge in [0.05, 0.1) is 0 Å². The molecule has 0 aromatic heterocycles. The highest BCUT2D eigenvalue weighted by molar-refractivity contribution is 7.19. The number of unbranched alkanes of at least 4 members (excludes halogenated alkanes) is 16. The SMILES string of the molecule is CCCCCCCCCCCC[C@H](CCCCCCCCCC)C[Si](C)(C)Cl. The van der Waals surface area contributed by atoms with Crippen LogP contribution in [0.5, 0.6) is 0 Å². The average Bonchev–Trinajstić information content (AvgIpc) is 2.64. The van der Waals surface area contributed by atoms with Crippen molar-refractivity contribution < 1.29 is 0 Å². The first-order valence-electron chi connectivity index (χ1n) is 13.2. The number of hydrogen-bond acceptors (Lipinski definition) is 0. The monoisotopic (exact) mass is 430 g/mol. The summed E-state index contributed by atoms with van der Waals surface area (Å²) in [6, 6.07) is 1.34. The molecule has 0 aromatic carbocycles. The Balaban J connectivity index is 3.71. The zero-order chi connectivity index (χ0) is 20.9. The lowest BCUT2D eigenvalue weighted by Crippen LogP contribution is -2.21. The Kier molecular flexibility index (Phi) is 21.1. The van der Waals surface area contributed by atoms with Gasteiger partial charge in [-0.05, 0) is 12.0 Å². The van der Waals surface area contributed by atoms with Crippen LogP contribution in [0, 0.1) is 5.92 Å². The van der Waals surface area contributed by atoms with Gasteiger partial charge < -0.3 is 0 Å². The lowest BCUT2D eigenvalue weighted by Gasteiger charge is -2.23. The molecule has 0 heterocycles. The summed E-state index contributed by atoms with van der Waals surface area (Å²) in [6.07, 6.45) is 28.8. The van der Waals surface area contributed by atoms with Gasteiger partial charge >= 0.3 is 0 Å². The van der Waals surface area contributed by atoms with Gasteiger partial charge in [-0.1, -0.05) is 155 Å². The molecule has 1 atom stereocenters. The second-order valence-electron chi connectivity index (χ2n) is 10.0. The highest BCUT2D eigenvalue weighted by atomic mass is 35.6. The Labute approximate surface area is 185 Å². The Bertz CT molecular complexity index is 297. The molecular formula is C26H55ClSi. The molecule has 0 nitrogen and oxygen atoms in total. The van der Waals surface area contributed by atoms with Crippen molar-refractivity contribution in [2.75, 3.05) is 0 Å². The van der Waals surface area contributed by atoms with Gasteiger partial charge in [0.2, 0.25) is 0 Å². The van der Waals surface area contributed by atoms with Gasteiger partial charge in [0.15, 0.2) is 7.38 Å². The molecule has 0 aliphatic carbocycles. The molecule has 0 aliphatic rings. The molecule has 0 aliphatic heterocycles. The molecule has 0 unspecified atom stereocenters. The predicted octanol–water partition coefficient (Wildman–Crippen LogP) is 10.9. The van der Waals surface area contributed by atoms with Gasteiger partial charge in [-0.25, -0.2) is 0 Å². The van der Waals surface area contributed by atoms with E-state index in [1.165, 1.54) is 134 Å². The Hall–Kier alpha value is 0.507.